The van der Waals surface area contributed by atoms with E-state index < -0.39 is 40.2 Å². The number of benzene rings is 1. The maximum absolute atomic E-state index is 12.8. The van der Waals surface area contributed by atoms with Crippen molar-refractivity contribution in [3.8, 4) is 5.75 Å². The number of alkyl carbamates (subject to hydrolysis) is 1. The van der Waals surface area contributed by atoms with Crippen molar-refractivity contribution < 1.29 is 32.1 Å². The molecule has 0 aliphatic rings. The highest BCUT2D eigenvalue weighted by Crippen LogP contribution is 2.20. The number of halogens is 2. The lowest BCUT2D eigenvalue weighted by Crippen LogP contribution is -2.46. The maximum Gasteiger partial charge on any atom is 0.408 e. The molecule has 0 fully saturated rings. The van der Waals surface area contributed by atoms with Crippen LogP contribution in [-0.4, -0.2) is 34.5 Å². The van der Waals surface area contributed by atoms with E-state index in [0.717, 1.165) is 6.07 Å². The summed E-state index contributed by atoms with van der Waals surface area (Å²) < 4.78 is 50.5. The Morgan fingerprint density at radius 3 is 2.45 bits per heavy atom. The molecular formula is C18H27F2N3O5S. The molecule has 164 valence electrons. The number of amides is 2. The van der Waals surface area contributed by atoms with Crippen LogP contribution in [0.4, 0.5) is 13.6 Å². The average molecular weight is 435 g/mol. The quantitative estimate of drug-likeness (QED) is 0.680. The van der Waals surface area contributed by atoms with Gasteiger partial charge in [0.1, 0.15) is 27.3 Å². The molecule has 0 bridgehead atoms. The van der Waals surface area contributed by atoms with Crippen LogP contribution < -0.4 is 15.2 Å². The first-order valence-electron chi connectivity index (χ1n) is 8.88. The van der Waals surface area contributed by atoms with Gasteiger partial charge in [0, 0.05) is 0 Å². The Morgan fingerprint density at radius 1 is 1.31 bits per heavy atom. The van der Waals surface area contributed by atoms with Gasteiger partial charge in [-0.15, -0.1) is 4.36 Å². The van der Waals surface area contributed by atoms with Crippen molar-refractivity contribution in [2.45, 2.75) is 64.2 Å². The first kappa shape index (κ1) is 24.8. The zero-order valence-electron chi connectivity index (χ0n) is 17.0. The summed E-state index contributed by atoms with van der Waals surface area (Å²) in [5, 5.41) is 8.13. The monoisotopic (exact) mass is 435 g/mol. The molecule has 11 heteroatoms. The molecule has 2 amide bonds. The Kier molecular flexibility index (Phi) is 8.51. The van der Waals surface area contributed by atoms with Gasteiger partial charge in [-0.25, -0.2) is 14.1 Å². The Balaban J connectivity index is 3.17. The molecule has 0 aliphatic heterocycles. The molecule has 0 radical (unpaired) electrons. The number of nitrogens with one attached hydrogen (secondary N) is 1. The van der Waals surface area contributed by atoms with E-state index in [2.05, 4.69) is 14.4 Å². The van der Waals surface area contributed by atoms with Gasteiger partial charge in [-0.1, -0.05) is 26.3 Å². The van der Waals surface area contributed by atoms with Crippen LogP contribution in [-0.2, 0) is 19.4 Å². The molecule has 1 aromatic carbocycles. The SMILES string of the molecule is CC[C@H](C)[C@H](NC(=O)OC(C)(C)C)C(=O)N=S(N)(=O)c1cccc(OC(F)F)c1. The molecule has 0 heterocycles. The third-order valence-corrected chi connectivity index (χ3v) is 5.13. The van der Waals surface area contributed by atoms with Crippen LogP contribution in [0, 0.1) is 5.92 Å². The van der Waals surface area contributed by atoms with E-state index in [9.17, 15) is 22.6 Å². The van der Waals surface area contributed by atoms with E-state index in [1.54, 1.807) is 34.6 Å². The van der Waals surface area contributed by atoms with Gasteiger partial charge in [-0.3, -0.25) is 4.79 Å². The van der Waals surface area contributed by atoms with E-state index >= 15 is 0 Å². The van der Waals surface area contributed by atoms with E-state index in [4.69, 9.17) is 9.88 Å². The molecule has 0 spiro atoms. The minimum Gasteiger partial charge on any atom is -0.444 e. The molecule has 1 aromatic rings. The van der Waals surface area contributed by atoms with Gasteiger partial charge in [0.05, 0.1) is 4.90 Å². The fourth-order valence-electron chi connectivity index (χ4n) is 2.19. The predicted molar refractivity (Wildman–Crippen MR) is 104 cm³/mol. The Morgan fingerprint density at radius 2 is 1.93 bits per heavy atom. The average Bonchev–Trinajstić information content (AvgIpc) is 2.56. The summed E-state index contributed by atoms with van der Waals surface area (Å²) in [6.07, 6.45) is -0.326. The standard InChI is InChI=1S/C18H27F2N3O5S/c1-6-11(2)14(22-17(25)28-18(3,4)5)15(24)23-29(21,26)13-9-7-8-12(10-13)27-16(19)20/h7-11,14,16H,6H2,1-5H3,(H,22,25)(H2,21,23,24,26)/t11-,14-,29?/m0/s1. The third-order valence-electron chi connectivity index (χ3n) is 3.75. The summed E-state index contributed by atoms with van der Waals surface area (Å²) in [6, 6.07) is 3.69. The molecule has 3 N–H and O–H groups in total. The first-order valence-corrected chi connectivity index (χ1v) is 10.5. The molecular weight excluding hydrogens is 408 g/mol. The summed E-state index contributed by atoms with van der Waals surface area (Å²) in [7, 11) is -3.77. The zero-order valence-corrected chi connectivity index (χ0v) is 17.8. The highest BCUT2D eigenvalue weighted by atomic mass is 32.2. The third kappa shape index (κ3) is 8.32. The van der Waals surface area contributed by atoms with E-state index in [1.165, 1.54) is 18.2 Å². The van der Waals surface area contributed by atoms with Gasteiger partial charge in [-0.05, 0) is 44.9 Å². The van der Waals surface area contributed by atoms with Crippen LogP contribution in [0.3, 0.4) is 0 Å². The highest BCUT2D eigenvalue weighted by molar-refractivity contribution is 7.91. The second kappa shape index (κ2) is 9.97. The van der Waals surface area contributed by atoms with Crippen molar-refractivity contribution in [3.63, 3.8) is 0 Å². The smallest absolute Gasteiger partial charge is 0.408 e. The molecule has 1 unspecified atom stereocenters. The van der Waals surface area contributed by atoms with Crippen LogP contribution in [0.5, 0.6) is 5.75 Å². The van der Waals surface area contributed by atoms with E-state index in [0.29, 0.717) is 6.42 Å². The number of alkyl halides is 2. The predicted octanol–water partition coefficient (Wildman–Crippen LogP) is 3.45. The molecule has 0 aromatic heterocycles. The summed E-state index contributed by atoms with van der Waals surface area (Å²) in [4.78, 5) is 24.5. The largest absolute Gasteiger partial charge is 0.444 e. The fraction of sp³-hybridized carbons (Fsp3) is 0.556. The molecule has 0 saturated carbocycles. The summed E-state index contributed by atoms with van der Waals surface area (Å²) in [5.41, 5.74) is -0.781. The van der Waals surface area contributed by atoms with Crippen LogP contribution in [0.15, 0.2) is 33.5 Å². The summed E-state index contributed by atoms with van der Waals surface area (Å²) in [6.45, 7) is 5.41. The molecule has 3 atom stereocenters. The van der Waals surface area contributed by atoms with Crippen molar-refractivity contribution in [3.05, 3.63) is 24.3 Å². The molecule has 8 nitrogen and oxygen atoms in total. The van der Waals surface area contributed by atoms with Crippen LogP contribution in [0.1, 0.15) is 41.0 Å². The number of carbonyl (C=O) groups is 2. The Hall–Kier alpha value is -2.27. The Labute approximate surface area is 169 Å². The second-order valence-electron chi connectivity index (χ2n) is 7.36. The van der Waals surface area contributed by atoms with Crippen molar-refractivity contribution >= 4 is 21.9 Å². The molecule has 1 rings (SSSR count). The van der Waals surface area contributed by atoms with Gasteiger partial charge < -0.3 is 14.8 Å². The normalized spacial score (nSPS) is 15.8. The number of nitrogens with zero attached hydrogens (tertiary/aromatic N) is 1. The van der Waals surface area contributed by atoms with Crippen molar-refractivity contribution in [1.29, 1.82) is 0 Å². The number of nitrogens with two attached hydrogens (primary N) is 1. The van der Waals surface area contributed by atoms with E-state index in [1.807, 2.05) is 0 Å². The lowest BCUT2D eigenvalue weighted by molar-refractivity contribution is -0.120. The van der Waals surface area contributed by atoms with Crippen molar-refractivity contribution in [2.75, 3.05) is 0 Å². The van der Waals surface area contributed by atoms with Gasteiger partial charge >= 0.3 is 12.7 Å². The summed E-state index contributed by atoms with van der Waals surface area (Å²) in [5.74, 6) is -1.55. The van der Waals surface area contributed by atoms with Crippen LogP contribution in [0.2, 0.25) is 0 Å². The van der Waals surface area contributed by atoms with Gasteiger partial charge in [0.25, 0.3) is 5.91 Å². The number of carbonyl (C=O) groups excluding carboxylic acids is 2. The molecule has 29 heavy (non-hydrogen) atoms. The van der Waals surface area contributed by atoms with Gasteiger partial charge in [0.2, 0.25) is 0 Å². The van der Waals surface area contributed by atoms with Gasteiger partial charge in [0.15, 0.2) is 0 Å². The lowest BCUT2D eigenvalue weighted by Gasteiger charge is -2.25. The first-order chi connectivity index (χ1) is 13.2. The molecule has 0 aliphatic carbocycles. The fourth-order valence-corrected chi connectivity index (χ4v) is 3.24. The number of rotatable bonds is 7. The topological polar surface area (TPSA) is 120 Å². The second-order valence-corrected chi connectivity index (χ2v) is 9.15. The molecule has 0 saturated heterocycles. The summed E-state index contributed by atoms with van der Waals surface area (Å²) >= 11 is 0. The van der Waals surface area contributed by atoms with Crippen molar-refractivity contribution in [2.24, 2.45) is 15.4 Å². The number of ether oxygens (including phenoxy) is 2. The Bertz CT molecular complexity index is 848. The minimum absolute atomic E-state index is 0.163. The van der Waals surface area contributed by atoms with Crippen LogP contribution in [0.25, 0.3) is 0 Å². The van der Waals surface area contributed by atoms with Crippen LogP contribution >= 0.6 is 0 Å². The number of hydrogen-bond donors (Lipinski definition) is 2. The number of hydrogen-bond acceptors (Lipinski definition) is 5. The van der Waals surface area contributed by atoms with E-state index in [-0.39, 0.29) is 16.6 Å². The maximum atomic E-state index is 12.8. The highest BCUT2D eigenvalue weighted by Gasteiger charge is 2.29. The van der Waals surface area contributed by atoms with Gasteiger partial charge in [-0.2, -0.15) is 8.78 Å². The van der Waals surface area contributed by atoms with Crippen molar-refractivity contribution in [1.82, 2.24) is 5.32 Å². The minimum atomic E-state index is -3.77. The lowest BCUT2D eigenvalue weighted by atomic mass is 9.99. The zero-order chi connectivity index (χ0) is 22.4.